The number of amides is 2. The van der Waals surface area contributed by atoms with E-state index in [1.807, 2.05) is 33.2 Å². The van der Waals surface area contributed by atoms with Crippen molar-refractivity contribution in [2.24, 2.45) is 13.0 Å². The van der Waals surface area contributed by atoms with Crippen molar-refractivity contribution >= 4 is 11.8 Å². The molecule has 0 saturated carbocycles. The smallest absolute Gasteiger partial charge is 0.309 e. The molecule has 6 nitrogen and oxygen atoms in total. The van der Waals surface area contributed by atoms with Crippen LogP contribution in [0.3, 0.4) is 0 Å². The van der Waals surface area contributed by atoms with Gasteiger partial charge >= 0.3 is 11.8 Å². The Morgan fingerprint density at radius 2 is 1.64 bits per heavy atom. The summed E-state index contributed by atoms with van der Waals surface area (Å²) < 4.78 is 2.10. The molecule has 1 aromatic heterocycles. The molecule has 140 valence electrons. The van der Waals surface area contributed by atoms with E-state index in [1.54, 1.807) is 0 Å². The predicted molar refractivity (Wildman–Crippen MR) is 99.1 cm³/mol. The van der Waals surface area contributed by atoms with Gasteiger partial charge in [-0.05, 0) is 44.0 Å². The molecule has 0 aromatic carbocycles. The van der Waals surface area contributed by atoms with Crippen molar-refractivity contribution in [1.82, 2.24) is 20.1 Å². The van der Waals surface area contributed by atoms with Gasteiger partial charge in [-0.2, -0.15) is 0 Å². The molecule has 2 rings (SSSR count). The highest BCUT2D eigenvalue weighted by atomic mass is 16.2. The van der Waals surface area contributed by atoms with E-state index in [0.717, 1.165) is 13.1 Å². The summed E-state index contributed by atoms with van der Waals surface area (Å²) in [6.45, 7) is 7.04. The van der Waals surface area contributed by atoms with Crippen molar-refractivity contribution in [3.8, 4) is 0 Å². The maximum atomic E-state index is 12.1. The molecule has 1 saturated heterocycles. The number of hydrogen-bond donors (Lipinski definition) is 2. The van der Waals surface area contributed by atoms with Gasteiger partial charge in [-0.3, -0.25) is 14.5 Å². The molecule has 6 heteroatoms. The number of carbonyl (C=O) groups excluding carboxylic acids is 2. The summed E-state index contributed by atoms with van der Waals surface area (Å²) in [5.41, 5.74) is 1.17. The molecule has 0 aliphatic carbocycles. The lowest BCUT2D eigenvalue weighted by Gasteiger charge is -2.31. The van der Waals surface area contributed by atoms with E-state index in [9.17, 15) is 9.59 Å². The van der Waals surface area contributed by atoms with Crippen molar-refractivity contribution in [3.63, 3.8) is 0 Å². The van der Waals surface area contributed by atoms with Crippen LogP contribution in [-0.2, 0) is 16.6 Å². The topological polar surface area (TPSA) is 66.4 Å². The third-order valence-corrected chi connectivity index (χ3v) is 4.74. The first-order valence-corrected chi connectivity index (χ1v) is 9.40. The third kappa shape index (κ3) is 5.88. The Kier molecular flexibility index (Phi) is 7.50. The van der Waals surface area contributed by atoms with E-state index >= 15 is 0 Å². The van der Waals surface area contributed by atoms with Crippen LogP contribution < -0.4 is 10.6 Å². The number of hydrogen-bond acceptors (Lipinski definition) is 3. The summed E-state index contributed by atoms with van der Waals surface area (Å²) in [4.78, 5) is 26.5. The number of aromatic nitrogens is 1. The van der Waals surface area contributed by atoms with E-state index in [0.29, 0.717) is 19.0 Å². The van der Waals surface area contributed by atoms with Crippen LogP contribution in [0.1, 0.15) is 51.3 Å². The van der Waals surface area contributed by atoms with E-state index < -0.39 is 11.8 Å². The predicted octanol–water partition coefficient (Wildman–Crippen LogP) is 1.83. The van der Waals surface area contributed by atoms with Gasteiger partial charge in [0.2, 0.25) is 0 Å². The summed E-state index contributed by atoms with van der Waals surface area (Å²) in [6, 6.07) is 4.22. The second-order valence-electron chi connectivity index (χ2n) is 7.32. The molecule has 1 aromatic rings. The number of carbonyl (C=O) groups is 2. The van der Waals surface area contributed by atoms with Gasteiger partial charge in [0.1, 0.15) is 0 Å². The van der Waals surface area contributed by atoms with Crippen molar-refractivity contribution in [2.45, 2.75) is 45.6 Å². The summed E-state index contributed by atoms with van der Waals surface area (Å²) in [6.07, 6.45) is 6.92. The molecule has 2 heterocycles. The standard InChI is InChI=1S/C19H32N4O2/c1-15(2)13-20-18(24)19(25)21-14-17(16-9-8-10-22(16)3)23-11-6-4-5-7-12-23/h8-10,15,17H,4-7,11-14H2,1-3H3,(H,20,24)(H,21,25). The van der Waals surface area contributed by atoms with Crippen LogP contribution in [-0.4, -0.2) is 47.5 Å². The summed E-state index contributed by atoms with van der Waals surface area (Å²) in [5, 5.41) is 5.51. The normalized spacial score (nSPS) is 17.1. The average Bonchev–Trinajstić information content (AvgIpc) is 2.84. The molecule has 1 fully saturated rings. The number of nitrogens with zero attached hydrogens (tertiary/aromatic N) is 2. The van der Waals surface area contributed by atoms with Crippen LogP contribution in [0.2, 0.25) is 0 Å². The number of likely N-dealkylation sites (tertiary alicyclic amines) is 1. The first kappa shape index (κ1) is 19.5. The van der Waals surface area contributed by atoms with Gasteiger partial charge in [0.15, 0.2) is 0 Å². The lowest BCUT2D eigenvalue weighted by atomic mass is 10.1. The highest BCUT2D eigenvalue weighted by Gasteiger charge is 2.25. The third-order valence-electron chi connectivity index (χ3n) is 4.74. The summed E-state index contributed by atoms with van der Waals surface area (Å²) in [5.74, 6) is -0.769. The van der Waals surface area contributed by atoms with Crippen molar-refractivity contribution in [1.29, 1.82) is 0 Å². The molecule has 25 heavy (non-hydrogen) atoms. The molecule has 2 N–H and O–H groups in total. The molecule has 1 aliphatic heterocycles. The Morgan fingerprint density at radius 1 is 1.04 bits per heavy atom. The fourth-order valence-electron chi connectivity index (χ4n) is 3.29. The first-order valence-electron chi connectivity index (χ1n) is 9.40. The number of aryl methyl sites for hydroxylation is 1. The summed E-state index contributed by atoms with van der Waals surface area (Å²) >= 11 is 0. The molecule has 2 amide bonds. The maximum Gasteiger partial charge on any atom is 0.309 e. The molecular formula is C19H32N4O2. The van der Waals surface area contributed by atoms with E-state index in [2.05, 4.69) is 26.2 Å². The minimum Gasteiger partial charge on any atom is -0.353 e. The first-order chi connectivity index (χ1) is 12.0. The minimum atomic E-state index is -0.547. The Labute approximate surface area is 151 Å². The minimum absolute atomic E-state index is 0.0972. The van der Waals surface area contributed by atoms with Crippen LogP contribution >= 0.6 is 0 Å². The second kappa shape index (κ2) is 9.61. The largest absolute Gasteiger partial charge is 0.353 e. The van der Waals surface area contributed by atoms with Crippen LogP contribution in [0, 0.1) is 5.92 Å². The lowest BCUT2D eigenvalue weighted by molar-refractivity contribution is -0.139. The lowest BCUT2D eigenvalue weighted by Crippen LogP contribution is -2.45. The Balaban J connectivity index is 2.00. The van der Waals surface area contributed by atoms with Gasteiger partial charge in [-0.1, -0.05) is 26.7 Å². The molecule has 0 radical (unpaired) electrons. The highest BCUT2D eigenvalue weighted by molar-refractivity contribution is 6.35. The average molecular weight is 348 g/mol. The molecule has 1 atom stereocenters. The van der Waals surface area contributed by atoms with Crippen LogP contribution in [0.25, 0.3) is 0 Å². The zero-order valence-corrected chi connectivity index (χ0v) is 15.8. The van der Waals surface area contributed by atoms with Crippen LogP contribution in [0.15, 0.2) is 18.3 Å². The van der Waals surface area contributed by atoms with Crippen LogP contribution in [0.5, 0.6) is 0 Å². The van der Waals surface area contributed by atoms with Gasteiger partial charge < -0.3 is 15.2 Å². The Bertz CT molecular complexity index is 560. The van der Waals surface area contributed by atoms with Gasteiger partial charge in [-0.15, -0.1) is 0 Å². The van der Waals surface area contributed by atoms with Gasteiger partial charge in [0.25, 0.3) is 0 Å². The molecule has 0 spiro atoms. The van der Waals surface area contributed by atoms with Gasteiger partial charge in [0.05, 0.1) is 6.04 Å². The maximum absolute atomic E-state index is 12.1. The van der Waals surface area contributed by atoms with Crippen molar-refractivity contribution < 1.29 is 9.59 Å². The van der Waals surface area contributed by atoms with Gasteiger partial charge in [-0.25, -0.2) is 0 Å². The summed E-state index contributed by atoms with van der Waals surface area (Å²) in [7, 11) is 2.03. The van der Waals surface area contributed by atoms with Gasteiger partial charge in [0, 0.05) is 32.0 Å². The van der Waals surface area contributed by atoms with E-state index in [1.165, 1.54) is 31.4 Å². The van der Waals surface area contributed by atoms with Crippen LogP contribution in [0.4, 0.5) is 0 Å². The Morgan fingerprint density at radius 3 is 2.16 bits per heavy atom. The van der Waals surface area contributed by atoms with E-state index in [-0.39, 0.29) is 6.04 Å². The molecule has 1 aliphatic rings. The SMILES string of the molecule is CC(C)CNC(=O)C(=O)NCC(c1cccn1C)N1CCCCCC1. The monoisotopic (exact) mass is 348 g/mol. The molecular weight excluding hydrogens is 316 g/mol. The van der Waals surface area contributed by atoms with E-state index in [4.69, 9.17) is 0 Å². The highest BCUT2D eigenvalue weighted by Crippen LogP contribution is 2.23. The molecule has 0 bridgehead atoms. The van der Waals surface area contributed by atoms with Crippen molar-refractivity contribution in [3.05, 3.63) is 24.0 Å². The number of rotatable bonds is 6. The second-order valence-corrected chi connectivity index (χ2v) is 7.32. The number of nitrogens with one attached hydrogen (secondary N) is 2. The zero-order valence-electron chi connectivity index (χ0n) is 15.8. The quantitative estimate of drug-likeness (QED) is 0.771. The van der Waals surface area contributed by atoms with Crippen molar-refractivity contribution in [2.75, 3.05) is 26.2 Å². The fraction of sp³-hybridized carbons (Fsp3) is 0.684. The fourth-order valence-corrected chi connectivity index (χ4v) is 3.29. The molecule has 1 unspecified atom stereocenters. The Hall–Kier alpha value is -1.82. The zero-order chi connectivity index (χ0) is 18.2.